The van der Waals surface area contributed by atoms with Crippen molar-refractivity contribution in [2.24, 2.45) is 5.10 Å². The summed E-state index contributed by atoms with van der Waals surface area (Å²) in [6, 6.07) is 15.0. The molecule has 6 heteroatoms. The van der Waals surface area contributed by atoms with Gasteiger partial charge in [0, 0.05) is 5.02 Å². The van der Waals surface area contributed by atoms with E-state index in [1.165, 1.54) is 0 Å². The van der Waals surface area contributed by atoms with Crippen molar-refractivity contribution >= 4 is 40.3 Å². The van der Waals surface area contributed by atoms with Crippen LogP contribution in [0.4, 0.5) is 5.69 Å². The van der Waals surface area contributed by atoms with E-state index in [4.69, 9.17) is 28.6 Å². The lowest BCUT2D eigenvalue weighted by atomic mass is 10.1. The van der Waals surface area contributed by atoms with Crippen LogP contribution in [0.1, 0.15) is 12.5 Å². The Morgan fingerprint density at radius 1 is 1.18 bits per heavy atom. The second-order valence-electron chi connectivity index (χ2n) is 4.47. The van der Waals surface area contributed by atoms with E-state index in [9.17, 15) is 0 Å². The molecule has 2 aromatic carbocycles. The molecule has 2 rings (SSSR count). The Bertz CT molecular complexity index is 703. The minimum atomic E-state index is 0.380. The van der Waals surface area contributed by atoms with E-state index in [0.29, 0.717) is 15.9 Å². The SMILES string of the molecule is COc1ccccc1NC(=S)N/N=C(/C)c1cccc(Cl)c1. The first-order valence-electron chi connectivity index (χ1n) is 6.60. The molecule has 0 atom stereocenters. The summed E-state index contributed by atoms with van der Waals surface area (Å²) in [5, 5.41) is 8.34. The number of hydrazone groups is 1. The maximum absolute atomic E-state index is 5.96. The number of hydrogen-bond donors (Lipinski definition) is 2. The molecule has 0 saturated carbocycles. The van der Waals surface area contributed by atoms with E-state index < -0.39 is 0 Å². The zero-order chi connectivity index (χ0) is 15.9. The van der Waals surface area contributed by atoms with Gasteiger partial charge in [-0.3, -0.25) is 5.43 Å². The van der Waals surface area contributed by atoms with E-state index in [-0.39, 0.29) is 0 Å². The number of para-hydroxylation sites is 2. The third-order valence-electron chi connectivity index (χ3n) is 2.92. The van der Waals surface area contributed by atoms with Crippen LogP contribution in [-0.2, 0) is 0 Å². The van der Waals surface area contributed by atoms with Gasteiger partial charge in [0.15, 0.2) is 5.11 Å². The Balaban J connectivity index is 2.01. The normalized spacial score (nSPS) is 11.0. The molecule has 0 amide bonds. The largest absolute Gasteiger partial charge is 0.495 e. The zero-order valence-electron chi connectivity index (χ0n) is 12.3. The molecule has 0 aliphatic carbocycles. The summed E-state index contributed by atoms with van der Waals surface area (Å²) in [7, 11) is 1.61. The highest BCUT2D eigenvalue weighted by atomic mass is 35.5. The van der Waals surface area contributed by atoms with Crippen molar-refractivity contribution in [1.82, 2.24) is 5.43 Å². The van der Waals surface area contributed by atoms with Gasteiger partial charge < -0.3 is 10.1 Å². The Morgan fingerprint density at radius 3 is 2.68 bits per heavy atom. The second-order valence-corrected chi connectivity index (χ2v) is 5.32. The number of ether oxygens (including phenoxy) is 1. The lowest BCUT2D eigenvalue weighted by Gasteiger charge is -2.11. The third-order valence-corrected chi connectivity index (χ3v) is 3.35. The summed E-state index contributed by atoms with van der Waals surface area (Å²) in [5.41, 5.74) is 5.30. The number of halogens is 1. The molecule has 0 heterocycles. The smallest absolute Gasteiger partial charge is 0.191 e. The van der Waals surface area contributed by atoms with Gasteiger partial charge in [-0.15, -0.1) is 0 Å². The minimum absolute atomic E-state index is 0.380. The average molecular weight is 334 g/mol. The summed E-state index contributed by atoms with van der Waals surface area (Å²) in [6.45, 7) is 1.88. The van der Waals surface area contributed by atoms with Crippen LogP contribution in [0.25, 0.3) is 0 Å². The lowest BCUT2D eigenvalue weighted by Crippen LogP contribution is -2.25. The quantitative estimate of drug-likeness (QED) is 0.503. The van der Waals surface area contributed by atoms with Crippen LogP contribution in [0.2, 0.25) is 5.02 Å². The molecular formula is C16H16ClN3OS. The summed E-state index contributed by atoms with van der Waals surface area (Å²) < 4.78 is 5.25. The van der Waals surface area contributed by atoms with Crippen molar-refractivity contribution in [2.75, 3.05) is 12.4 Å². The van der Waals surface area contributed by atoms with E-state index >= 15 is 0 Å². The molecule has 2 aromatic rings. The molecule has 0 aliphatic heterocycles. The average Bonchev–Trinajstić information content (AvgIpc) is 2.53. The van der Waals surface area contributed by atoms with Crippen molar-refractivity contribution in [3.63, 3.8) is 0 Å². The first-order valence-corrected chi connectivity index (χ1v) is 7.39. The van der Waals surface area contributed by atoms with Gasteiger partial charge >= 0.3 is 0 Å². The second kappa shape index (κ2) is 7.77. The van der Waals surface area contributed by atoms with Crippen LogP contribution >= 0.6 is 23.8 Å². The van der Waals surface area contributed by atoms with Gasteiger partial charge in [-0.05, 0) is 49.0 Å². The van der Waals surface area contributed by atoms with E-state index in [0.717, 1.165) is 17.0 Å². The molecule has 4 nitrogen and oxygen atoms in total. The third kappa shape index (κ3) is 4.44. The Morgan fingerprint density at radius 2 is 1.95 bits per heavy atom. The molecule has 114 valence electrons. The Kier molecular flexibility index (Phi) is 5.75. The van der Waals surface area contributed by atoms with Crippen molar-refractivity contribution < 1.29 is 4.74 Å². The van der Waals surface area contributed by atoms with Crippen LogP contribution < -0.4 is 15.5 Å². The van der Waals surface area contributed by atoms with Crippen LogP contribution in [-0.4, -0.2) is 17.9 Å². The molecule has 2 N–H and O–H groups in total. The number of thiocarbonyl (C=S) groups is 1. The molecule has 0 saturated heterocycles. The fourth-order valence-electron chi connectivity index (χ4n) is 1.81. The van der Waals surface area contributed by atoms with Gasteiger partial charge in [0.05, 0.1) is 18.5 Å². The van der Waals surface area contributed by atoms with Gasteiger partial charge in [-0.25, -0.2) is 0 Å². The lowest BCUT2D eigenvalue weighted by molar-refractivity contribution is 0.417. The monoisotopic (exact) mass is 333 g/mol. The number of nitrogens with zero attached hydrogens (tertiary/aromatic N) is 1. The molecule has 0 aliphatic rings. The molecule has 0 unspecified atom stereocenters. The first kappa shape index (κ1) is 16.3. The first-order chi connectivity index (χ1) is 10.6. The van der Waals surface area contributed by atoms with Crippen LogP contribution in [0.15, 0.2) is 53.6 Å². The van der Waals surface area contributed by atoms with E-state index in [2.05, 4.69) is 15.8 Å². The van der Waals surface area contributed by atoms with Crippen molar-refractivity contribution in [2.45, 2.75) is 6.92 Å². The molecule has 0 bridgehead atoms. The summed E-state index contributed by atoms with van der Waals surface area (Å²) in [6.07, 6.45) is 0. The highest BCUT2D eigenvalue weighted by Gasteiger charge is 2.03. The molecule has 0 radical (unpaired) electrons. The summed E-state index contributed by atoms with van der Waals surface area (Å²) in [5.74, 6) is 0.710. The van der Waals surface area contributed by atoms with Crippen molar-refractivity contribution in [3.8, 4) is 5.75 Å². The molecule has 22 heavy (non-hydrogen) atoms. The maximum Gasteiger partial charge on any atom is 0.191 e. The van der Waals surface area contributed by atoms with Crippen LogP contribution in [0.5, 0.6) is 5.75 Å². The number of methoxy groups -OCH3 is 1. The van der Waals surface area contributed by atoms with E-state index in [1.807, 2.05) is 55.5 Å². The number of nitrogens with one attached hydrogen (secondary N) is 2. The van der Waals surface area contributed by atoms with Crippen molar-refractivity contribution in [1.29, 1.82) is 0 Å². The molecule has 0 fully saturated rings. The number of hydrogen-bond acceptors (Lipinski definition) is 3. The zero-order valence-corrected chi connectivity index (χ0v) is 13.8. The fourth-order valence-corrected chi connectivity index (χ4v) is 2.16. The van der Waals surface area contributed by atoms with Gasteiger partial charge in [0.2, 0.25) is 0 Å². The molecule has 0 spiro atoms. The number of benzene rings is 2. The Labute approximate surface area is 140 Å². The van der Waals surface area contributed by atoms with Gasteiger partial charge in [-0.1, -0.05) is 35.9 Å². The summed E-state index contributed by atoms with van der Waals surface area (Å²) in [4.78, 5) is 0. The van der Waals surface area contributed by atoms with Crippen molar-refractivity contribution in [3.05, 3.63) is 59.1 Å². The predicted molar refractivity (Wildman–Crippen MR) is 96.0 cm³/mol. The number of rotatable bonds is 4. The van der Waals surface area contributed by atoms with Crippen LogP contribution in [0.3, 0.4) is 0 Å². The molecule has 0 aromatic heterocycles. The maximum atomic E-state index is 5.96. The van der Waals surface area contributed by atoms with Gasteiger partial charge in [-0.2, -0.15) is 5.10 Å². The van der Waals surface area contributed by atoms with Gasteiger partial charge in [0.1, 0.15) is 5.75 Å². The van der Waals surface area contributed by atoms with Crippen LogP contribution in [0, 0.1) is 0 Å². The Hall–Kier alpha value is -2.11. The van der Waals surface area contributed by atoms with Gasteiger partial charge in [0.25, 0.3) is 0 Å². The highest BCUT2D eigenvalue weighted by Crippen LogP contribution is 2.22. The number of anilines is 1. The summed E-state index contributed by atoms with van der Waals surface area (Å²) >= 11 is 11.2. The fraction of sp³-hybridized carbons (Fsp3) is 0.125. The topological polar surface area (TPSA) is 45.6 Å². The predicted octanol–water partition coefficient (Wildman–Crippen LogP) is 4.06. The standard InChI is InChI=1S/C16H16ClN3OS/c1-11(12-6-5-7-13(17)10-12)19-20-16(22)18-14-8-3-4-9-15(14)21-2/h3-10H,1-2H3,(H2,18,20,22)/b19-11-. The highest BCUT2D eigenvalue weighted by molar-refractivity contribution is 7.80. The molecular weight excluding hydrogens is 318 g/mol. The van der Waals surface area contributed by atoms with E-state index in [1.54, 1.807) is 7.11 Å². The minimum Gasteiger partial charge on any atom is -0.495 e.